The largest absolute Gasteiger partial charge is 0.351 e. The van der Waals surface area contributed by atoms with Crippen molar-refractivity contribution in [1.29, 1.82) is 0 Å². The zero-order valence-electron chi connectivity index (χ0n) is 12.2. The molecule has 6 nitrogen and oxygen atoms in total. The number of nitrogens with zero attached hydrogens (tertiary/aromatic N) is 1. The first-order valence-corrected chi connectivity index (χ1v) is 9.61. The molecule has 2 heterocycles. The normalized spacial score (nSPS) is 14.8. The van der Waals surface area contributed by atoms with Gasteiger partial charge in [-0.3, -0.25) is 9.52 Å². The van der Waals surface area contributed by atoms with Gasteiger partial charge in [0.15, 0.2) is 5.13 Å². The second-order valence-electron chi connectivity index (χ2n) is 5.17. The number of amides is 1. The van der Waals surface area contributed by atoms with E-state index < -0.39 is 10.0 Å². The molecule has 0 atom stereocenters. The molecule has 0 aliphatic carbocycles. The van der Waals surface area contributed by atoms with Crippen molar-refractivity contribution in [3.05, 3.63) is 39.4 Å². The third-order valence-corrected chi connectivity index (χ3v) is 6.30. The molecule has 1 amide bonds. The standard InChI is InChI=1S/C14H14ClN3O3S2/c1-8-4-5-9(15)7-11(8)23(20,21)18-14-17-10-3-2-6-16-13(19)12(10)22-14/h4-5,7H,2-3,6H2,1H3,(H,16,19)(H,17,18). The van der Waals surface area contributed by atoms with Crippen molar-refractivity contribution in [3.63, 3.8) is 0 Å². The van der Waals surface area contributed by atoms with Crippen LogP contribution in [0.25, 0.3) is 0 Å². The van der Waals surface area contributed by atoms with Crippen LogP contribution in [0.2, 0.25) is 5.02 Å². The zero-order valence-corrected chi connectivity index (χ0v) is 14.6. The maximum absolute atomic E-state index is 12.5. The molecule has 1 aromatic carbocycles. The van der Waals surface area contributed by atoms with Crippen molar-refractivity contribution in [2.24, 2.45) is 0 Å². The summed E-state index contributed by atoms with van der Waals surface area (Å²) in [5.74, 6) is -0.209. The maximum Gasteiger partial charge on any atom is 0.263 e. The predicted molar refractivity (Wildman–Crippen MR) is 89.8 cm³/mol. The lowest BCUT2D eigenvalue weighted by molar-refractivity contribution is 0.0960. The van der Waals surface area contributed by atoms with E-state index in [1.54, 1.807) is 19.1 Å². The van der Waals surface area contributed by atoms with Crippen LogP contribution in [0.5, 0.6) is 0 Å². The van der Waals surface area contributed by atoms with Crippen molar-refractivity contribution in [3.8, 4) is 0 Å². The highest BCUT2D eigenvalue weighted by atomic mass is 35.5. The van der Waals surface area contributed by atoms with Gasteiger partial charge in [-0.05, 0) is 37.5 Å². The van der Waals surface area contributed by atoms with Crippen LogP contribution in [-0.4, -0.2) is 25.9 Å². The van der Waals surface area contributed by atoms with E-state index in [9.17, 15) is 13.2 Å². The molecule has 0 unspecified atom stereocenters. The van der Waals surface area contributed by atoms with Gasteiger partial charge in [0.05, 0.1) is 10.6 Å². The quantitative estimate of drug-likeness (QED) is 0.867. The molecule has 2 N–H and O–H groups in total. The number of anilines is 1. The fourth-order valence-corrected chi connectivity index (χ4v) is 4.99. The number of hydrogen-bond acceptors (Lipinski definition) is 5. The van der Waals surface area contributed by atoms with Gasteiger partial charge in [0.1, 0.15) is 4.88 Å². The molecule has 0 bridgehead atoms. The number of thiazole rings is 1. The Morgan fingerprint density at radius 3 is 2.96 bits per heavy atom. The number of rotatable bonds is 3. The van der Waals surface area contributed by atoms with Crippen LogP contribution in [0.4, 0.5) is 5.13 Å². The van der Waals surface area contributed by atoms with E-state index >= 15 is 0 Å². The van der Waals surface area contributed by atoms with E-state index in [2.05, 4.69) is 15.0 Å². The number of sulfonamides is 1. The summed E-state index contributed by atoms with van der Waals surface area (Å²) in [6.07, 6.45) is 1.42. The van der Waals surface area contributed by atoms with Crippen LogP contribution < -0.4 is 10.0 Å². The number of hydrogen-bond donors (Lipinski definition) is 2. The van der Waals surface area contributed by atoms with E-state index in [0.717, 1.165) is 17.8 Å². The molecule has 0 spiro atoms. The molecular formula is C14H14ClN3O3S2. The third-order valence-electron chi connectivity index (χ3n) is 3.44. The van der Waals surface area contributed by atoms with Gasteiger partial charge in [-0.1, -0.05) is 29.0 Å². The Kier molecular flexibility index (Phi) is 4.31. The van der Waals surface area contributed by atoms with Crippen molar-refractivity contribution >= 4 is 44.0 Å². The van der Waals surface area contributed by atoms with Gasteiger partial charge in [0, 0.05) is 11.6 Å². The van der Waals surface area contributed by atoms with Crippen LogP contribution in [0.3, 0.4) is 0 Å². The molecule has 0 saturated carbocycles. The summed E-state index contributed by atoms with van der Waals surface area (Å²) in [6, 6.07) is 4.66. The Hall–Kier alpha value is -1.64. The number of carbonyl (C=O) groups is 1. The highest BCUT2D eigenvalue weighted by Gasteiger charge is 2.24. The zero-order chi connectivity index (χ0) is 16.6. The Morgan fingerprint density at radius 2 is 2.17 bits per heavy atom. The summed E-state index contributed by atoms with van der Waals surface area (Å²) >= 11 is 6.93. The van der Waals surface area contributed by atoms with Crippen molar-refractivity contribution in [2.45, 2.75) is 24.7 Å². The number of carbonyl (C=O) groups excluding carboxylic acids is 1. The molecule has 0 radical (unpaired) electrons. The first-order valence-electron chi connectivity index (χ1n) is 6.94. The minimum atomic E-state index is -3.81. The number of fused-ring (bicyclic) bond motifs is 1. The summed E-state index contributed by atoms with van der Waals surface area (Å²) in [5.41, 5.74) is 1.21. The first-order chi connectivity index (χ1) is 10.9. The van der Waals surface area contributed by atoms with Gasteiger partial charge in [-0.2, -0.15) is 0 Å². The summed E-state index contributed by atoms with van der Waals surface area (Å²) in [5, 5.41) is 3.29. The topological polar surface area (TPSA) is 88.2 Å². The molecule has 23 heavy (non-hydrogen) atoms. The lowest BCUT2D eigenvalue weighted by Gasteiger charge is -2.08. The van der Waals surface area contributed by atoms with E-state index in [0.29, 0.717) is 34.1 Å². The van der Waals surface area contributed by atoms with Crippen molar-refractivity contribution < 1.29 is 13.2 Å². The minimum Gasteiger partial charge on any atom is -0.351 e. The summed E-state index contributed by atoms with van der Waals surface area (Å²) < 4.78 is 27.5. The van der Waals surface area contributed by atoms with Gasteiger partial charge < -0.3 is 5.32 Å². The van der Waals surface area contributed by atoms with Gasteiger partial charge in [-0.25, -0.2) is 13.4 Å². The number of aryl methyl sites for hydroxylation is 2. The smallest absolute Gasteiger partial charge is 0.263 e. The molecule has 3 rings (SSSR count). The lowest BCUT2D eigenvalue weighted by atomic mass is 10.2. The van der Waals surface area contributed by atoms with Gasteiger partial charge >= 0.3 is 0 Å². The average Bonchev–Trinajstić information content (AvgIpc) is 2.80. The van der Waals surface area contributed by atoms with Crippen molar-refractivity contribution in [2.75, 3.05) is 11.3 Å². The molecule has 9 heteroatoms. The summed E-state index contributed by atoms with van der Waals surface area (Å²) in [6.45, 7) is 2.29. The molecule has 2 aromatic rings. The van der Waals surface area contributed by atoms with E-state index in [-0.39, 0.29) is 15.9 Å². The molecular weight excluding hydrogens is 358 g/mol. The van der Waals surface area contributed by atoms with Crippen LogP contribution in [0.1, 0.15) is 27.3 Å². The summed E-state index contributed by atoms with van der Waals surface area (Å²) in [7, 11) is -3.81. The molecule has 122 valence electrons. The Labute approximate surface area is 142 Å². The van der Waals surface area contributed by atoms with E-state index in [1.165, 1.54) is 6.07 Å². The summed E-state index contributed by atoms with van der Waals surface area (Å²) in [4.78, 5) is 16.7. The fourth-order valence-electron chi connectivity index (χ4n) is 2.31. The van der Waals surface area contributed by atoms with Gasteiger partial charge in [0.25, 0.3) is 15.9 Å². The Morgan fingerprint density at radius 1 is 1.39 bits per heavy atom. The molecule has 1 aliphatic heterocycles. The molecule has 1 aliphatic rings. The van der Waals surface area contributed by atoms with Gasteiger partial charge in [-0.15, -0.1) is 0 Å². The van der Waals surface area contributed by atoms with Gasteiger partial charge in [0.2, 0.25) is 0 Å². The van der Waals surface area contributed by atoms with E-state index in [4.69, 9.17) is 11.6 Å². The third kappa shape index (κ3) is 3.34. The SMILES string of the molecule is Cc1ccc(Cl)cc1S(=O)(=O)Nc1nc2c(s1)C(=O)NCCC2. The average molecular weight is 372 g/mol. The number of halogens is 1. The Bertz CT molecular complexity index is 877. The fraction of sp³-hybridized carbons (Fsp3) is 0.286. The van der Waals surface area contributed by atoms with Crippen LogP contribution in [-0.2, 0) is 16.4 Å². The minimum absolute atomic E-state index is 0.0971. The molecule has 1 aromatic heterocycles. The second-order valence-corrected chi connectivity index (χ2v) is 8.26. The number of benzene rings is 1. The molecule has 0 saturated heterocycles. The number of aromatic nitrogens is 1. The monoisotopic (exact) mass is 371 g/mol. The van der Waals surface area contributed by atoms with E-state index in [1.807, 2.05) is 0 Å². The highest BCUT2D eigenvalue weighted by molar-refractivity contribution is 7.93. The maximum atomic E-state index is 12.5. The predicted octanol–water partition coefficient (Wildman–Crippen LogP) is 2.58. The highest BCUT2D eigenvalue weighted by Crippen LogP contribution is 2.28. The van der Waals surface area contributed by atoms with Crippen LogP contribution in [0, 0.1) is 6.92 Å². The number of nitrogens with one attached hydrogen (secondary N) is 2. The Balaban J connectivity index is 1.94. The second kappa shape index (κ2) is 6.10. The van der Waals surface area contributed by atoms with Crippen molar-refractivity contribution in [1.82, 2.24) is 10.3 Å². The van der Waals surface area contributed by atoms with Crippen LogP contribution in [0.15, 0.2) is 23.1 Å². The molecule has 0 fully saturated rings. The lowest BCUT2D eigenvalue weighted by Crippen LogP contribution is -2.21. The first kappa shape index (κ1) is 16.2. The van der Waals surface area contributed by atoms with Crippen LogP contribution >= 0.6 is 22.9 Å².